The Morgan fingerprint density at radius 3 is 2.64 bits per heavy atom. The predicted molar refractivity (Wildman–Crippen MR) is 67.1 cm³/mol. The zero-order valence-corrected chi connectivity index (χ0v) is 11.6. The van der Waals surface area contributed by atoms with Gasteiger partial charge in [-0.25, -0.2) is 0 Å². The van der Waals surface area contributed by atoms with Crippen LogP contribution in [0.5, 0.6) is 5.75 Å². The van der Waals surface area contributed by atoms with E-state index in [2.05, 4.69) is 51.8 Å². The molecule has 0 atom stereocenters. The van der Waals surface area contributed by atoms with E-state index in [0.29, 0.717) is 5.92 Å². The molecule has 1 nitrogen and oxygen atoms in total. The first-order chi connectivity index (χ1) is 6.63. The van der Waals surface area contributed by atoms with E-state index in [-0.39, 0.29) is 0 Å². The van der Waals surface area contributed by atoms with E-state index in [1.54, 1.807) is 0 Å². The Hall–Kier alpha value is -0.0200. The summed E-state index contributed by atoms with van der Waals surface area (Å²) < 4.78 is 6.78. The van der Waals surface area contributed by atoms with Gasteiger partial charge in [0.1, 0.15) is 5.75 Å². The smallest absolute Gasteiger partial charge is 0.123 e. The average molecular weight is 322 g/mol. The Balaban J connectivity index is 2.75. The fourth-order valence-electron chi connectivity index (χ4n) is 1.05. The van der Waals surface area contributed by atoms with E-state index in [4.69, 9.17) is 4.74 Å². The Labute approximate surface area is 102 Å². The number of rotatable bonds is 4. The molecule has 0 fully saturated rings. The lowest BCUT2D eigenvalue weighted by Crippen LogP contribution is -2.05. The maximum Gasteiger partial charge on any atom is 0.123 e. The van der Waals surface area contributed by atoms with Gasteiger partial charge in [0, 0.05) is 15.4 Å². The lowest BCUT2D eigenvalue weighted by Gasteiger charge is -2.12. The van der Waals surface area contributed by atoms with Crippen molar-refractivity contribution >= 4 is 31.9 Å². The van der Waals surface area contributed by atoms with Crippen LogP contribution in [0.15, 0.2) is 22.7 Å². The highest BCUT2D eigenvalue weighted by Crippen LogP contribution is 2.25. The van der Waals surface area contributed by atoms with Crippen LogP contribution in [0.2, 0.25) is 0 Å². The Kier molecular flexibility index (Phi) is 4.96. The highest BCUT2D eigenvalue weighted by molar-refractivity contribution is 9.10. The molecule has 0 heterocycles. The van der Waals surface area contributed by atoms with Gasteiger partial charge in [0.05, 0.1) is 6.61 Å². The number of halogens is 2. The second kappa shape index (κ2) is 5.76. The fourth-order valence-corrected chi connectivity index (χ4v) is 1.90. The number of benzene rings is 1. The van der Waals surface area contributed by atoms with Crippen LogP contribution in [0.25, 0.3) is 0 Å². The van der Waals surface area contributed by atoms with Gasteiger partial charge in [-0.05, 0) is 24.1 Å². The Bertz CT molecular complexity index is 297. The molecule has 0 aliphatic heterocycles. The molecule has 0 saturated heterocycles. The van der Waals surface area contributed by atoms with Gasteiger partial charge in [0.2, 0.25) is 0 Å². The lowest BCUT2D eigenvalue weighted by molar-refractivity contribution is 0.269. The molecule has 0 N–H and O–H groups in total. The van der Waals surface area contributed by atoms with Gasteiger partial charge in [-0.2, -0.15) is 0 Å². The van der Waals surface area contributed by atoms with Crippen molar-refractivity contribution in [3.05, 3.63) is 28.2 Å². The van der Waals surface area contributed by atoms with Crippen molar-refractivity contribution in [2.75, 3.05) is 6.61 Å². The number of ether oxygens (including phenoxy) is 1. The van der Waals surface area contributed by atoms with Gasteiger partial charge in [-0.1, -0.05) is 45.7 Å². The van der Waals surface area contributed by atoms with Crippen molar-refractivity contribution < 1.29 is 4.74 Å². The minimum atomic E-state index is 0.557. The van der Waals surface area contributed by atoms with E-state index in [1.807, 2.05) is 12.1 Å². The highest BCUT2D eigenvalue weighted by Gasteiger charge is 2.04. The summed E-state index contributed by atoms with van der Waals surface area (Å²) >= 11 is 6.89. The van der Waals surface area contributed by atoms with Crippen molar-refractivity contribution in [3.63, 3.8) is 0 Å². The molecule has 3 heteroatoms. The number of hydrogen-bond acceptors (Lipinski definition) is 1. The molecule has 0 aromatic heterocycles. The van der Waals surface area contributed by atoms with E-state index in [9.17, 15) is 0 Å². The van der Waals surface area contributed by atoms with Crippen LogP contribution >= 0.6 is 31.9 Å². The summed E-state index contributed by atoms with van der Waals surface area (Å²) in [5.41, 5.74) is 1.18. The summed E-state index contributed by atoms with van der Waals surface area (Å²) in [6.45, 7) is 5.06. The second-order valence-electron chi connectivity index (χ2n) is 3.59. The summed E-state index contributed by atoms with van der Waals surface area (Å²) in [4.78, 5) is 0. The third-order valence-electron chi connectivity index (χ3n) is 1.74. The van der Waals surface area contributed by atoms with E-state index in [0.717, 1.165) is 22.2 Å². The minimum absolute atomic E-state index is 0.557. The highest BCUT2D eigenvalue weighted by atomic mass is 79.9. The van der Waals surface area contributed by atoms with Crippen LogP contribution in [0.3, 0.4) is 0 Å². The maximum atomic E-state index is 5.69. The van der Waals surface area contributed by atoms with Gasteiger partial charge in [0.15, 0.2) is 0 Å². The first-order valence-corrected chi connectivity index (χ1v) is 6.52. The molecule has 0 unspecified atom stereocenters. The molecule has 0 aliphatic rings. The minimum Gasteiger partial charge on any atom is -0.493 e. The Morgan fingerprint density at radius 1 is 1.36 bits per heavy atom. The van der Waals surface area contributed by atoms with Gasteiger partial charge in [-0.3, -0.25) is 0 Å². The monoisotopic (exact) mass is 320 g/mol. The summed E-state index contributed by atoms with van der Waals surface area (Å²) in [5, 5.41) is 0.819. The van der Waals surface area contributed by atoms with Gasteiger partial charge in [0.25, 0.3) is 0 Å². The first kappa shape index (κ1) is 12.1. The molecule has 0 amide bonds. The van der Waals surface area contributed by atoms with Crippen molar-refractivity contribution in [2.24, 2.45) is 5.92 Å². The summed E-state index contributed by atoms with van der Waals surface area (Å²) in [7, 11) is 0. The Morgan fingerprint density at radius 2 is 2.07 bits per heavy atom. The summed E-state index contributed by atoms with van der Waals surface area (Å²) in [5.74, 6) is 1.53. The molecule has 0 bridgehead atoms. The molecule has 0 radical (unpaired) electrons. The molecule has 1 aromatic carbocycles. The van der Waals surface area contributed by atoms with Crippen LogP contribution < -0.4 is 4.74 Å². The van der Waals surface area contributed by atoms with E-state index in [1.165, 1.54) is 5.56 Å². The van der Waals surface area contributed by atoms with Crippen LogP contribution in [0.1, 0.15) is 19.4 Å². The van der Waals surface area contributed by atoms with Gasteiger partial charge < -0.3 is 4.74 Å². The number of alkyl halides is 1. The van der Waals surface area contributed by atoms with Crippen molar-refractivity contribution in [1.29, 1.82) is 0 Å². The largest absolute Gasteiger partial charge is 0.493 e. The van der Waals surface area contributed by atoms with Crippen molar-refractivity contribution in [3.8, 4) is 5.75 Å². The molecule has 0 aliphatic carbocycles. The SMILES string of the molecule is CC(C)COc1ccc(Br)cc1CBr. The molecule has 0 spiro atoms. The molecule has 78 valence electrons. The third-order valence-corrected chi connectivity index (χ3v) is 2.84. The molecular formula is C11H14Br2O. The molecular weight excluding hydrogens is 308 g/mol. The fraction of sp³-hybridized carbons (Fsp3) is 0.455. The second-order valence-corrected chi connectivity index (χ2v) is 5.07. The maximum absolute atomic E-state index is 5.69. The average Bonchev–Trinajstić information content (AvgIpc) is 2.15. The lowest BCUT2D eigenvalue weighted by atomic mass is 10.2. The quantitative estimate of drug-likeness (QED) is 0.748. The van der Waals surface area contributed by atoms with E-state index < -0.39 is 0 Å². The standard InChI is InChI=1S/C11H14Br2O/c1-8(2)7-14-11-4-3-10(13)5-9(11)6-12/h3-5,8H,6-7H2,1-2H3. The van der Waals surface area contributed by atoms with Crippen LogP contribution in [-0.4, -0.2) is 6.61 Å². The van der Waals surface area contributed by atoms with Crippen LogP contribution in [0.4, 0.5) is 0 Å². The van der Waals surface area contributed by atoms with E-state index >= 15 is 0 Å². The zero-order valence-electron chi connectivity index (χ0n) is 8.39. The predicted octanol–water partition coefficient (Wildman–Crippen LogP) is 4.38. The van der Waals surface area contributed by atoms with Crippen LogP contribution in [-0.2, 0) is 5.33 Å². The molecule has 1 rings (SSSR count). The summed E-state index contributed by atoms with van der Waals surface area (Å²) in [6, 6.07) is 6.08. The zero-order chi connectivity index (χ0) is 10.6. The number of hydrogen-bond donors (Lipinski definition) is 0. The summed E-state index contributed by atoms with van der Waals surface area (Å²) in [6.07, 6.45) is 0. The van der Waals surface area contributed by atoms with Crippen molar-refractivity contribution in [2.45, 2.75) is 19.2 Å². The van der Waals surface area contributed by atoms with Crippen molar-refractivity contribution in [1.82, 2.24) is 0 Å². The first-order valence-electron chi connectivity index (χ1n) is 4.60. The molecule has 0 saturated carbocycles. The van der Waals surface area contributed by atoms with Gasteiger partial charge >= 0.3 is 0 Å². The molecule has 14 heavy (non-hydrogen) atoms. The normalized spacial score (nSPS) is 10.6. The van der Waals surface area contributed by atoms with Crippen LogP contribution in [0, 0.1) is 5.92 Å². The van der Waals surface area contributed by atoms with Gasteiger partial charge in [-0.15, -0.1) is 0 Å². The third kappa shape index (κ3) is 3.62. The molecule has 1 aromatic rings. The topological polar surface area (TPSA) is 9.23 Å².